The van der Waals surface area contributed by atoms with Crippen LogP contribution in [0.4, 0.5) is 5.69 Å². The van der Waals surface area contributed by atoms with Gasteiger partial charge in [0.2, 0.25) is 0 Å². The second-order valence-corrected chi connectivity index (χ2v) is 4.55. The third-order valence-electron chi connectivity index (χ3n) is 2.95. The maximum atomic E-state index is 10.6. The lowest BCUT2D eigenvalue weighted by Crippen LogP contribution is -2.10. The van der Waals surface area contributed by atoms with E-state index >= 15 is 0 Å². The number of carboxylic acids is 1. The minimum absolute atomic E-state index is 0.369. The fourth-order valence-electron chi connectivity index (χ4n) is 1.86. The average Bonchev–Trinajstić information content (AvgIpc) is 2.58. The molecule has 0 radical (unpaired) electrons. The number of aliphatic imine (C=N–C) groups is 1. The number of benzene rings is 2. The molecule has 0 aliphatic heterocycles. The van der Waals surface area contributed by atoms with Gasteiger partial charge in [-0.2, -0.15) is 0 Å². The Bertz CT molecular complexity index is 712. The van der Waals surface area contributed by atoms with Crippen molar-refractivity contribution in [2.75, 3.05) is 20.8 Å². The minimum Gasteiger partial charge on any atom is -0.497 e. The quantitative estimate of drug-likeness (QED) is 0.795. The molecule has 0 saturated heterocycles. The molecule has 0 aromatic heterocycles. The monoisotopic (exact) mass is 315 g/mol. The van der Waals surface area contributed by atoms with Crippen LogP contribution in [0.2, 0.25) is 0 Å². The Morgan fingerprint density at radius 3 is 2.65 bits per heavy atom. The lowest BCUT2D eigenvalue weighted by Gasteiger charge is -2.09. The molecule has 6 nitrogen and oxygen atoms in total. The van der Waals surface area contributed by atoms with E-state index in [2.05, 4.69) is 4.99 Å². The van der Waals surface area contributed by atoms with Gasteiger partial charge in [0.25, 0.3) is 0 Å². The van der Waals surface area contributed by atoms with E-state index in [1.165, 1.54) is 7.11 Å². The molecule has 2 aromatic carbocycles. The zero-order chi connectivity index (χ0) is 16.7. The van der Waals surface area contributed by atoms with Crippen molar-refractivity contribution in [1.29, 1.82) is 0 Å². The van der Waals surface area contributed by atoms with E-state index < -0.39 is 12.6 Å². The van der Waals surface area contributed by atoms with Crippen molar-refractivity contribution in [3.8, 4) is 17.2 Å². The van der Waals surface area contributed by atoms with Crippen LogP contribution in [0.15, 0.2) is 47.5 Å². The summed E-state index contributed by atoms with van der Waals surface area (Å²) in [5.41, 5.74) is 1.56. The number of aliphatic carboxylic acids is 1. The Balaban J connectivity index is 2.16. The van der Waals surface area contributed by atoms with Crippen LogP contribution in [0.5, 0.6) is 17.2 Å². The Labute approximate surface area is 134 Å². The van der Waals surface area contributed by atoms with E-state index in [9.17, 15) is 4.79 Å². The highest BCUT2D eigenvalue weighted by Crippen LogP contribution is 2.28. The third kappa shape index (κ3) is 4.74. The summed E-state index contributed by atoms with van der Waals surface area (Å²) in [5, 5.41) is 8.65. The molecule has 0 unspecified atom stereocenters. The molecule has 6 heteroatoms. The Morgan fingerprint density at radius 1 is 1.13 bits per heavy atom. The molecule has 0 spiro atoms. The lowest BCUT2D eigenvalue weighted by molar-refractivity contribution is -0.139. The second kappa shape index (κ2) is 7.84. The number of rotatable bonds is 7. The summed E-state index contributed by atoms with van der Waals surface area (Å²) < 4.78 is 15.5. The van der Waals surface area contributed by atoms with Gasteiger partial charge in [0.05, 0.1) is 19.9 Å². The first-order valence-corrected chi connectivity index (χ1v) is 6.83. The topological polar surface area (TPSA) is 77.4 Å². The van der Waals surface area contributed by atoms with Gasteiger partial charge >= 0.3 is 5.97 Å². The standard InChI is InChI=1S/C17H17NO5/c1-21-14-5-3-4-13(9-14)18-10-12-6-7-15(16(8-12)22-2)23-11-17(19)20/h3-10H,11H2,1-2H3,(H,19,20). The minimum atomic E-state index is -1.05. The summed E-state index contributed by atoms with van der Waals surface area (Å²) in [6.45, 7) is -0.423. The number of hydrogen-bond donors (Lipinski definition) is 1. The summed E-state index contributed by atoms with van der Waals surface area (Å²) >= 11 is 0. The van der Waals surface area contributed by atoms with Crippen molar-refractivity contribution < 1.29 is 24.1 Å². The fraction of sp³-hybridized carbons (Fsp3) is 0.176. The van der Waals surface area contributed by atoms with E-state index in [0.29, 0.717) is 11.5 Å². The van der Waals surface area contributed by atoms with Crippen LogP contribution in [0, 0.1) is 0 Å². The van der Waals surface area contributed by atoms with E-state index in [4.69, 9.17) is 19.3 Å². The molecule has 0 aliphatic carbocycles. The van der Waals surface area contributed by atoms with Gasteiger partial charge in [-0.25, -0.2) is 4.79 Å². The fourth-order valence-corrected chi connectivity index (χ4v) is 1.86. The summed E-state index contributed by atoms with van der Waals surface area (Å²) in [6, 6.07) is 12.5. The van der Waals surface area contributed by atoms with Crippen molar-refractivity contribution in [3.63, 3.8) is 0 Å². The van der Waals surface area contributed by atoms with Crippen molar-refractivity contribution in [2.45, 2.75) is 0 Å². The van der Waals surface area contributed by atoms with Crippen LogP contribution >= 0.6 is 0 Å². The molecule has 2 rings (SSSR count). The molecule has 0 amide bonds. The van der Waals surface area contributed by atoms with Crippen LogP contribution < -0.4 is 14.2 Å². The van der Waals surface area contributed by atoms with Crippen LogP contribution in [-0.2, 0) is 4.79 Å². The molecule has 120 valence electrons. The van der Waals surface area contributed by atoms with Gasteiger partial charge in [-0.05, 0) is 35.9 Å². The molecule has 0 fully saturated rings. The molecule has 23 heavy (non-hydrogen) atoms. The Hall–Kier alpha value is -3.02. The van der Waals surface area contributed by atoms with Crippen LogP contribution in [-0.4, -0.2) is 38.1 Å². The summed E-state index contributed by atoms with van der Waals surface area (Å²) in [5.74, 6) is 0.500. The molecule has 0 aliphatic rings. The number of carboxylic acid groups (broad SMARTS) is 1. The lowest BCUT2D eigenvalue weighted by atomic mass is 10.2. The van der Waals surface area contributed by atoms with Crippen LogP contribution in [0.25, 0.3) is 0 Å². The van der Waals surface area contributed by atoms with Crippen molar-refractivity contribution >= 4 is 17.9 Å². The molecular formula is C17H17NO5. The number of carbonyl (C=O) groups is 1. The molecule has 0 saturated carbocycles. The van der Waals surface area contributed by atoms with Gasteiger partial charge in [0.1, 0.15) is 5.75 Å². The zero-order valence-corrected chi connectivity index (χ0v) is 12.9. The van der Waals surface area contributed by atoms with Crippen molar-refractivity contribution in [2.24, 2.45) is 4.99 Å². The highest BCUT2D eigenvalue weighted by atomic mass is 16.5. The SMILES string of the molecule is COc1cccc(N=Cc2ccc(OCC(=O)O)c(OC)c2)c1. The number of nitrogens with zero attached hydrogens (tertiary/aromatic N) is 1. The van der Waals surface area contributed by atoms with E-state index in [1.54, 1.807) is 31.5 Å². The predicted octanol–water partition coefficient (Wildman–Crippen LogP) is 2.92. The number of ether oxygens (including phenoxy) is 3. The van der Waals surface area contributed by atoms with E-state index in [-0.39, 0.29) is 0 Å². The predicted molar refractivity (Wildman–Crippen MR) is 86.4 cm³/mol. The zero-order valence-electron chi connectivity index (χ0n) is 12.9. The second-order valence-electron chi connectivity index (χ2n) is 4.55. The molecular weight excluding hydrogens is 298 g/mol. The molecule has 2 aromatic rings. The Morgan fingerprint density at radius 2 is 1.96 bits per heavy atom. The highest BCUT2D eigenvalue weighted by Gasteiger charge is 2.07. The maximum absolute atomic E-state index is 10.6. The smallest absolute Gasteiger partial charge is 0.341 e. The first-order chi connectivity index (χ1) is 11.1. The van der Waals surface area contributed by atoms with Gasteiger partial charge in [-0.3, -0.25) is 4.99 Å². The van der Waals surface area contributed by atoms with Crippen LogP contribution in [0.3, 0.4) is 0 Å². The normalized spacial score (nSPS) is 10.5. The van der Waals surface area contributed by atoms with E-state index in [0.717, 1.165) is 17.0 Å². The third-order valence-corrected chi connectivity index (χ3v) is 2.95. The molecule has 0 bridgehead atoms. The van der Waals surface area contributed by atoms with Crippen molar-refractivity contribution in [1.82, 2.24) is 0 Å². The first kappa shape index (κ1) is 16.4. The molecule has 1 N–H and O–H groups in total. The Kier molecular flexibility index (Phi) is 5.57. The molecule has 0 atom stereocenters. The summed E-state index contributed by atoms with van der Waals surface area (Å²) in [4.78, 5) is 14.9. The van der Waals surface area contributed by atoms with Gasteiger partial charge in [-0.15, -0.1) is 0 Å². The molecule has 0 heterocycles. The summed E-state index contributed by atoms with van der Waals surface area (Å²) in [7, 11) is 3.09. The first-order valence-electron chi connectivity index (χ1n) is 6.83. The number of methoxy groups -OCH3 is 2. The highest BCUT2D eigenvalue weighted by molar-refractivity contribution is 5.83. The van der Waals surface area contributed by atoms with Crippen LogP contribution in [0.1, 0.15) is 5.56 Å². The summed E-state index contributed by atoms with van der Waals surface area (Å²) in [6.07, 6.45) is 1.68. The number of hydrogen-bond acceptors (Lipinski definition) is 5. The average molecular weight is 315 g/mol. The van der Waals surface area contributed by atoms with Crippen molar-refractivity contribution in [3.05, 3.63) is 48.0 Å². The maximum Gasteiger partial charge on any atom is 0.341 e. The van der Waals surface area contributed by atoms with Gasteiger partial charge in [0.15, 0.2) is 18.1 Å². The van der Waals surface area contributed by atoms with Gasteiger partial charge in [-0.1, -0.05) is 6.07 Å². The largest absolute Gasteiger partial charge is 0.497 e. The van der Waals surface area contributed by atoms with E-state index in [1.807, 2.05) is 24.3 Å². The van der Waals surface area contributed by atoms with Gasteiger partial charge in [0, 0.05) is 12.3 Å². The van der Waals surface area contributed by atoms with Gasteiger partial charge < -0.3 is 19.3 Å².